The maximum absolute atomic E-state index is 4.93. The SMILES string of the molecule is CN(C)CCCNc1cc(-c2ccc(N3CCNCC3)cc2)nc2ccccc12.Cl. The van der Waals surface area contributed by atoms with Gasteiger partial charge in [-0.05, 0) is 51.3 Å². The van der Waals surface area contributed by atoms with E-state index in [-0.39, 0.29) is 12.4 Å². The third kappa shape index (κ3) is 5.42. The molecule has 1 aliphatic heterocycles. The Labute approximate surface area is 185 Å². The van der Waals surface area contributed by atoms with Crippen LogP contribution in [0.15, 0.2) is 54.6 Å². The molecule has 0 unspecified atom stereocenters. The van der Waals surface area contributed by atoms with Crippen molar-refractivity contribution in [3.8, 4) is 11.3 Å². The Balaban J connectivity index is 0.00000256. The fourth-order valence-corrected chi connectivity index (χ4v) is 3.85. The second-order valence-electron chi connectivity index (χ2n) is 7.94. The number of pyridine rings is 1. The molecule has 5 nitrogen and oxygen atoms in total. The summed E-state index contributed by atoms with van der Waals surface area (Å²) >= 11 is 0. The quantitative estimate of drug-likeness (QED) is 0.558. The third-order valence-electron chi connectivity index (χ3n) is 5.46. The van der Waals surface area contributed by atoms with E-state index in [9.17, 15) is 0 Å². The highest BCUT2D eigenvalue weighted by molar-refractivity contribution is 5.93. The number of para-hydroxylation sites is 1. The highest BCUT2D eigenvalue weighted by Crippen LogP contribution is 2.29. The van der Waals surface area contributed by atoms with Crippen LogP contribution in [0.5, 0.6) is 0 Å². The van der Waals surface area contributed by atoms with Gasteiger partial charge < -0.3 is 20.4 Å². The van der Waals surface area contributed by atoms with Crippen LogP contribution in [0.4, 0.5) is 11.4 Å². The first-order valence-electron chi connectivity index (χ1n) is 10.6. The lowest BCUT2D eigenvalue weighted by molar-refractivity contribution is 0.405. The monoisotopic (exact) mass is 425 g/mol. The number of halogens is 1. The molecule has 1 fully saturated rings. The second-order valence-corrected chi connectivity index (χ2v) is 7.94. The molecular formula is C24H32ClN5. The molecule has 1 aliphatic rings. The zero-order valence-electron chi connectivity index (χ0n) is 17.9. The molecule has 0 amide bonds. The molecule has 160 valence electrons. The van der Waals surface area contributed by atoms with Crippen molar-refractivity contribution in [2.24, 2.45) is 0 Å². The van der Waals surface area contributed by atoms with Crippen LogP contribution < -0.4 is 15.5 Å². The van der Waals surface area contributed by atoms with Gasteiger partial charge in [-0.2, -0.15) is 0 Å². The van der Waals surface area contributed by atoms with Crippen molar-refractivity contribution in [1.82, 2.24) is 15.2 Å². The van der Waals surface area contributed by atoms with Gasteiger partial charge in [0, 0.05) is 55.0 Å². The normalized spacial score (nSPS) is 14.0. The standard InChI is InChI=1S/C24H31N5.ClH/c1-28(2)15-5-12-26-24-18-23(27-22-7-4-3-6-21(22)24)19-8-10-20(11-9-19)29-16-13-25-14-17-29;/h3-4,6-11,18,25H,5,12-17H2,1-2H3,(H,26,27);1H. The zero-order chi connectivity index (χ0) is 20.1. The van der Waals surface area contributed by atoms with Gasteiger partial charge in [0.2, 0.25) is 0 Å². The van der Waals surface area contributed by atoms with Crippen LogP contribution in [0, 0.1) is 0 Å². The van der Waals surface area contributed by atoms with E-state index >= 15 is 0 Å². The molecule has 0 aliphatic carbocycles. The fraction of sp³-hybridized carbons (Fsp3) is 0.375. The lowest BCUT2D eigenvalue weighted by Crippen LogP contribution is -2.43. The average Bonchev–Trinajstić information content (AvgIpc) is 2.77. The molecule has 2 N–H and O–H groups in total. The van der Waals surface area contributed by atoms with Crippen molar-refractivity contribution in [3.63, 3.8) is 0 Å². The largest absolute Gasteiger partial charge is 0.384 e. The third-order valence-corrected chi connectivity index (χ3v) is 5.46. The molecule has 2 heterocycles. The predicted octanol–water partition coefficient (Wildman–Crippen LogP) is 4.10. The summed E-state index contributed by atoms with van der Waals surface area (Å²) in [5, 5.41) is 8.22. The molecule has 0 radical (unpaired) electrons. The molecule has 4 rings (SSSR count). The van der Waals surface area contributed by atoms with E-state index in [0.29, 0.717) is 0 Å². The molecule has 0 spiro atoms. The van der Waals surface area contributed by atoms with E-state index in [2.05, 4.69) is 89.1 Å². The summed E-state index contributed by atoms with van der Waals surface area (Å²) in [6, 6.07) is 19.4. The molecule has 30 heavy (non-hydrogen) atoms. The second kappa shape index (κ2) is 10.6. The summed E-state index contributed by atoms with van der Waals surface area (Å²) in [6.07, 6.45) is 1.11. The van der Waals surface area contributed by atoms with E-state index < -0.39 is 0 Å². The van der Waals surface area contributed by atoms with Crippen LogP contribution in [-0.2, 0) is 0 Å². The van der Waals surface area contributed by atoms with E-state index in [1.54, 1.807) is 0 Å². The maximum Gasteiger partial charge on any atom is 0.0730 e. The van der Waals surface area contributed by atoms with Gasteiger partial charge in [-0.25, -0.2) is 4.98 Å². The maximum atomic E-state index is 4.93. The fourth-order valence-electron chi connectivity index (χ4n) is 3.85. The number of anilines is 2. The van der Waals surface area contributed by atoms with E-state index in [0.717, 1.165) is 68.2 Å². The Kier molecular flexibility index (Phi) is 7.91. The van der Waals surface area contributed by atoms with Crippen LogP contribution >= 0.6 is 12.4 Å². The number of hydrogen-bond acceptors (Lipinski definition) is 5. The molecule has 0 atom stereocenters. The minimum absolute atomic E-state index is 0. The summed E-state index contributed by atoms with van der Waals surface area (Å²) in [7, 11) is 4.23. The smallest absolute Gasteiger partial charge is 0.0730 e. The first-order chi connectivity index (χ1) is 14.2. The Morgan fingerprint density at radius 2 is 1.77 bits per heavy atom. The van der Waals surface area contributed by atoms with Crippen molar-refractivity contribution in [2.45, 2.75) is 6.42 Å². The number of nitrogens with one attached hydrogen (secondary N) is 2. The van der Waals surface area contributed by atoms with Gasteiger partial charge in [-0.1, -0.05) is 30.3 Å². The lowest BCUT2D eigenvalue weighted by atomic mass is 10.1. The van der Waals surface area contributed by atoms with Crippen LogP contribution in [0.25, 0.3) is 22.2 Å². The number of aromatic nitrogens is 1. The molecular weight excluding hydrogens is 394 g/mol. The summed E-state index contributed by atoms with van der Waals surface area (Å²) in [6.45, 7) is 6.26. The zero-order valence-corrected chi connectivity index (χ0v) is 18.7. The molecule has 1 aromatic heterocycles. The van der Waals surface area contributed by atoms with Gasteiger partial charge in [-0.15, -0.1) is 12.4 Å². The highest BCUT2D eigenvalue weighted by Gasteiger charge is 2.11. The van der Waals surface area contributed by atoms with Crippen molar-refractivity contribution in [2.75, 3.05) is 63.6 Å². The van der Waals surface area contributed by atoms with Crippen LogP contribution in [0.1, 0.15) is 6.42 Å². The number of piperazine rings is 1. The Morgan fingerprint density at radius 3 is 2.50 bits per heavy atom. The minimum atomic E-state index is 0. The first-order valence-corrected chi connectivity index (χ1v) is 10.6. The van der Waals surface area contributed by atoms with E-state index in [4.69, 9.17) is 4.98 Å². The van der Waals surface area contributed by atoms with Crippen LogP contribution in [0.3, 0.4) is 0 Å². The van der Waals surface area contributed by atoms with Gasteiger partial charge in [0.05, 0.1) is 11.2 Å². The molecule has 1 saturated heterocycles. The first kappa shape index (κ1) is 22.3. The molecule has 2 aromatic carbocycles. The van der Waals surface area contributed by atoms with Gasteiger partial charge in [0.25, 0.3) is 0 Å². The summed E-state index contributed by atoms with van der Waals surface area (Å²) in [5.41, 5.74) is 5.66. The van der Waals surface area contributed by atoms with Crippen molar-refractivity contribution < 1.29 is 0 Å². The number of fused-ring (bicyclic) bond motifs is 1. The minimum Gasteiger partial charge on any atom is -0.384 e. The van der Waals surface area contributed by atoms with E-state index in [1.165, 1.54) is 11.1 Å². The topological polar surface area (TPSA) is 43.4 Å². The van der Waals surface area contributed by atoms with Crippen molar-refractivity contribution in [1.29, 1.82) is 0 Å². The highest BCUT2D eigenvalue weighted by atomic mass is 35.5. The molecule has 0 saturated carbocycles. The van der Waals surface area contributed by atoms with Crippen LogP contribution in [-0.4, -0.2) is 63.2 Å². The number of hydrogen-bond donors (Lipinski definition) is 2. The van der Waals surface area contributed by atoms with E-state index in [1.807, 2.05) is 0 Å². The van der Waals surface area contributed by atoms with Gasteiger partial charge >= 0.3 is 0 Å². The number of nitrogens with zero attached hydrogens (tertiary/aromatic N) is 3. The summed E-state index contributed by atoms with van der Waals surface area (Å²) in [4.78, 5) is 9.59. The van der Waals surface area contributed by atoms with Crippen LogP contribution in [0.2, 0.25) is 0 Å². The predicted molar refractivity (Wildman–Crippen MR) is 131 cm³/mol. The summed E-state index contributed by atoms with van der Waals surface area (Å²) < 4.78 is 0. The molecule has 0 bridgehead atoms. The van der Waals surface area contributed by atoms with Crippen molar-refractivity contribution >= 4 is 34.7 Å². The Bertz CT molecular complexity index is 936. The summed E-state index contributed by atoms with van der Waals surface area (Å²) in [5.74, 6) is 0. The number of rotatable bonds is 7. The Hall–Kier alpha value is -2.34. The van der Waals surface area contributed by atoms with Gasteiger partial charge in [0.15, 0.2) is 0 Å². The van der Waals surface area contributed by atoms with Gasteiger partial charge in [-0.3, -0.25) is 0 Å². The van der Waals surface area contributed by atoms with Gasteiger partial charge in [0.1, 0.15) is 0 Å². The average molecular weight is 426 g/mol. The number of benzene rings is 2. The van der Waals surface area contributed by atoms with Crippen molar-refractivity contribution in [3.05, 3.63) is 54.6 Å². The molecule has 3 aromatic rings. The molecule has 6 heteroatoms. The Morgan fingerprint density at radius 1 is 1.03 bits per heavy atom. The lowest BCUT2D eigenvalue weighted by Gasteiger charge is -2.29.